The van der Waals surface area contributed by atoms with Crippen molar-refractivity contribution in [3.05, 3.63) is 77.6 Å². The van der Waals surface area contributed by atoms with Gasteiger partial charge in [-0.2, -0.15) is 0 Å². The van der Waals surface area contributed by atoms with Crippen molar-refractivity contribution < 1.29 is 38.1 Å². The molecular weight excluding hydrogens is 636 g/mol. The number of carbonyl (C=O) groups excluding carboxylic acids is 4. The summed E-state index contributed by atoms with van der Waals surface area (Å²) in [6.45, 7) is 16.5. The third-order valence-corrected chi connectivity index (χ3v) is 8.64. The fourth-order valence-electron chi connectivity index (χ4n) is 5.64. The highest BCUT2D eigenvalue weighted by Crippen LogP contribution is 2.24. The number of nitrogens with zero attached hydrogens (tertiary/aromatic N) is 1. The van der Waals surface area contributed by atoms with Gasteiger partial charge in [0.25, 0.3) is 5.91 Å². The minimum absolute atomic E-state index is 0.0127. The van der Waals surface area contributed by atoms with Crippen molar-refractivity contribution in [2.75, 3.05) is 27.3 Å². The van der Waals surface area contributed by atoms with Gasteiger partial charge in [0.2, 0.25) is 0 Å². The molecule has 1 heterocycles. The van der Waals surface area contributed by atoms with Crippen LogP contribution < -0.4 is 5.32 Å². The van der Waals surface area contributed by atoms with Gasteiger partial charge in [-0.3, -0.25) is 9.59 Å². The van der Waals surface area contributed by atoms with E-state index in [1.807, 2.05) is 70.2 Å². The Morgan fingerprint density at radius 1 is 0.960 bits per heavy atom. The number of rotatable bonds is 19. The van der Waals surface area contributed by atoms with E-state index in [-0.39, 0.29) is 31.3 Å². The lowest BCUT2D eigenvalue weighted by atomic mass is 9.92. The van der Waals surface area contributed by atoms with Crippen molar-refractivity contribution >= 4 is 23.8 Å². The van der Waals surface area contributed by atoms with Crippen LogP contribution in [0.25, 0.3) is 0 Å². The van der Waals surface area contributed by atoms with E-state index < -0.39 is 48.1 Å². The van der Waals surface area contributed by atoms with Crippen LogP contribution >= 0.6 is 0 Å². The maximum absolute atomic E-state index is 14.3. The molecule has 2 rings (SSSR count). The summed E-state index contributed by atoms with van der Waals surface area (Å²) in [5.74, 6) is -2.03. The molecule has 1 aromatic carbocycles. The van der Waals surface area contributed by atoms with Crippen LogP contribution in [0.1, 0.15) is 79.2 Å². The van der Waals surface area contributed by atoms with E-state index >= 15 is 0 Å². The van der Waals surface area contributed by atoms with Gasteiger partial charge in [-0.15, -0.1) is 5.73 Å². The zero-order valence-corrected chi connectivity index (χ0v) is 31.2. The van der Waals surface area contributed by atoms with E-state index in [0.29, 0.717) is 31.1 Å². The molecule has 0 radical (unpaired) electrons. The van der Waals surface area contributed by atoms with Crippen LogP contribution in [-0.2, 0) is 44.7 Å². The van der Waals surface area contributed by atoms with Crippen LogP contribution in [0, 0.1) is 17.8 Å². The number of benzene rings is 1. The highest BCUT2D eigenvalue weighted by Gasteiger charge is 2.37. The third-order valence-electron chi connectivity index (χ3n) is 8.64. The van der Waals surface area contributed by atoms with Gasteiger partial charge in [0, 0.05) is 26.7 Å². The van der Waals surface area contributed by atoms with Gasteiger partial charge >= 0.3 is 17.9 Å². The van der Waals surface area contributed by atoms with E-state index in [9.17, 15) is 19.2 Å². The van der Waals surface area contributed by atoms with E-state index in [1.54, 1.807) is 13.1 Å². The second kappa shape index (κ2) is 22.0. The maximum Gasteiger partial charge on any atom is 0.347 e. The lowest BCUT2D eigenvalue weighted by molar-refractivity contribution is -0.174. The summed E-state index contributed by atoms with van der Waals surface area (Å²) in [6, 6.07) is 7.49. The van der Waals surface area contributed by atoms with Crippen LogP contribution in [0.5, 0.6) is 0 Å². The van der Waals surface area contributed by atoms with Crippen LogP contribution in [0.15, 0.2) is 72.0 Å². The first kappa shape index (κ1) is 42.2. The number of amides is 1. The summed E-state index contributed by atoms with van der Waals surface area (Å²) in [5, 5.41) is 3.00. The Hall–Kier alpha value is -3.98. The SMILES string of the molecule is C=C=C/C(=C\C=C(/C)C1CCOCC1)C[C@@H](OC(=O)[C@H](CC(C)C)NC)C(=O)N(C)[C@@H](CC(C)C)C(=O)O[C@H](C)C(=O)OCc1ccccc1. The number of esters is 3. The molecule has 1 aromatic rings. The summed E-state index contributed by atoms with van der Waals surface area (Å²) >= 11 is 0. The number of nitrogens with one attached hydrogen (secondary N) is 1. The molecule has 0 aliphatic carbocycles. The number of allylic oxidation sites excluding steroid dienone is 4. The van der Waals surface area contributed by atoms with Crippen LogP contribution in [0.4, 0.5) is 0 Å². The molecule has 0 aromatic heterocycles. The molecule has 10 nitrogen and oxygen atoms in total. The summed E-state index contributed by atoms with van der Waals surface area (Å²) in [5.41, 5.74) is 5.45. The third kappa shape index (κ3) is 14.5. The molecule has 1 fully saturated rings. The van der Waals surface area contributed by atoms with Crippen molar-refractivity contribution in [1.82, 2.24) is 10.2 Å². The number of likely N-dealkylation sites (N-methyl/N-ethyl adjacent to an activating group) is 2. The fraction of sp³-hybridized carbons (Fsp3) is 0.575. The predicted molar refractivity (Wildman–Crippen MR) is 194 cm³/mol. The van der Waals surface area contributed by atoms with Gasteiger partial charge in [0.05, 0.1) is 0 Å². The standard InChI is InChI=1S/C40H58N2O8/c1-10-14-31(18-17-29(6)33-19-21-47-22-20-33)25-36(50-39(45)34(41-8)23-27(2)3)37(43)42(9)35(24-28(4)5)40(46)49-30(7)38(44)48-26-32-15-12-11-13-16-32/h11-18,27-28,30,33-36,41H,1,19-26H2,2-9H3/b29-17+,31-18+/t30-,34+,35+,36-/m1/s1. The Labute approximate surface area is 298 Å². The zero-order valence-electron chi connectivity index (χ0n) is 31.2. The van der Waals surface area contributed by atoms with E-state index in [4.69, 9.17) is 18.9 Å². The highest BCUT2D eigenvalue weighted by atomic mass is 16.6. The summed E-state index contributed by atoms with van der Waals surface area (Å²) in [4.78, 5) is 55.3. The first-order valence-electron chi connectivity index (χ1n) is 17.6. The zero-order chi connectivity index (χ0) is 37.2. The van der Waals surface area contributed by atoms with Crippen LogP contribution in [-0.4, -0.2) is 80.3 Å². The smallest absolute Gasteiger partial charge is 0.347 e. The van der Waals surface area contributed by atoms with Gasteiger partial charge in [0.1, 0.15) is 18.7 Å². The highest BCUT2D eigenvalue weighted by molar-refractivity contribution is 5.90. The molecule has 0 spiro atoms. The maximum atomic E-state index is 14.3. The van der Waals surface area contributed by atoms with E-state index in [0.717, 1.165) is 18.4 Å². The van der Waals surface area contributed by atoms with Crippen molar-refractivity contribution in [2.45, 2.75) is 105 Å². The minimum Gasteiger partial charge on any atom is -0.458 e. The second-order valence-electron chi connectivity index (χ2n) is 13.8. The molecule has 1 N–H and O–H groups in total. The Morgan fingerprint density at radius 3 is 2.18 bits per heavy atom. The lowest BCUT2D eigenvalue weighted by Crippen LogP contribution is -2.51. The van der Waals surface area contributed by atoms with Gasteiger partial charge in [-0.25, -0.2) is 9.59 Å². The van der Waals surface area contributed by atoms with Gasteiger partial charge in [0.15, 0.2) is 12.2 Å². The van der Waals surface area contributed by atoms with Gasteiger partial charge < -0.3 is 29.2 Å². The van der Waals surface area contributed by atoms with Crippen LogP contribution in [0.2, 0.25) is 0 Å². The summed E-state index contributed by atoms with van der Waals surface area (Å²) in [6.07, 6.45) is 5.75. The first-order valence-corrected chi connectivity index (χ1v) is 17.6. The predicted octanol–water partition coefficient (Wildman–Crippen LogP) is 6.11. The molecule has 0 saturated carbocycles. The van der Waals surface area contributed by atoms with E-state index in [2.05, 4.69) is 24.6 Å². The monoisotopic (exact) mass is 694 g/mol. The quantitative estimate of drug-likeness (QED) is 0.0792. The van der Waals surface area contributed by atoms with Gasteiger partial charge in [-0.05, 0) is 81.5 Å². The van der Waals surface area contributed by atoms with Gasteiger partial charge in [-0.1, -0.05) is 82.3 Å². The fourth-order valence-corrected chi connectivity index (χ4v) is 5.64. The average Bonchev–Trinajstić information content (AvgIpc) is 3.10. The van der Waals surface area contributed by atoms with Crippen molar-refractivity contribution in [1.29, 1.82) is 0 Å². The molecule has 1 aliphatic rings. The van der Waals surface area contributed by atoms with Crippen molar-refractivity contribution in [3.8, 4) is 0 Å². The molecule has 4 atom stereocenters. The van der Waals surface area contributed by atoms with Crippen molar-refractivity contribution in [3.63, 3.8) is 0 Å². The molecule has 1 saturated heterocycles. The molecular formula is C40H58N2O8. The Balaban J connectivity index is 2.35. The van der Waals surface area contributed by atoms with Crippen molar-refractivity contribution in [2.24, 2.45) is 17.8 Å². The summed E-state index contributed by atoms with van der Waals surface area (Å²) in [7, 11) is 3.16. The topological polar surface area (TPSA) is 120 Å². The first-order chi connectivity index (χ1) is 23.8. The van der Waals surface area contributed by atoms with E-state index in [1.165, 1.54) is 24.4 Å². The molecule has 1 amide bonds. The molecule has 1 aliphatic heterocycles. The number of hydrogen-bond donors (Lipinski definition) is 1. The molecule has 0 bridgehead atoms. The largest absolute Gasteiger partial charge is 0.458 e. The Kier molecular flexibility index (Phi) is 18.5. The molecule has 0 unspecified atom stereocenters. The average molecular weight is 695 g/mol. The summed E-state index contributed by atoms with van der Waals surface area (Å²) < 4.78 is 22.4. The number of hydrogen-bond acceptors (Lipinski definition) is 9. The lowest BCUT2D eigenvalue weighted by Gasteiger charge is -2.32. The normalized spacial score (nSPS) is 16.5. The second-order valence-corrected chi connectivity index (χ2v) is 13.8. The number of ether oxygens (including phenoxy) is 4. The molecule has 276 valence electrons. The number of carbonyl (C=O) groups is 4. The Bertz CT molecular complexity index is 1360. The van der Waals surface area contributed by atoms with Crippen LogP contribution in [0.3, 0.4) is 0 Å². The molecule has 50 heavy (non-hydrogen) atoms. The Morgan fingerprint density at radius 2 is 1.60 bits per heavy atom. The minimum atomic E-state index is -1.26. The molecule has 10 heteroatoms.